The number of carbonyl (C=O) groups is 3. The van der Waals surface area contributed by atoms with Gasteiger partial charge in [-0.2, -0.15) is 0 Å². The van der Waals surface area contributed by atoms with Gasteiger partial charge in [-0.25, -0.2) is 0 Å². The van der Waals surface area contributed by atoms with E-state index in [2.05, 4.69) is 33.9 Å². The van der Waals surface area contributed by atoms with Crippen LogP contribution < -0.4 is 5.32 Å². The number of aromatic nitrogens is 3. The van der Waals surface area contributed by atoms with Gasteiger partial charge in [0.05, 0.1) is 0 Å². The molecule has 5 rings (SSSR count). The molecule has 33 heavy (non-hydrogen) atoms. The lowest BCUT2D eigenvalue weighted by Crippen LogP contribution is -2.52. The minimum Gasteiger partial charge on any atom is -0.322 e. The van der Waals surface area contributed by atoms with Gasteiger partial charge in [0.15, 0.2) is 5.82 Å². The quantitative estimate of drug-likeness (QED) is 0.612. The number of carbonyl (C=O) groups excluding carboxylic acids is 3. The molecule has 2 aliphatic rings. The first-order valence-electron chi connectivity index (χ1n) is 11.2. The first-order chi connectivity index (χ1) is 15.9. The summed E-state index contributed by atoms with van der Waals surface area (Å²) >= 11 is 0. The zero-order valence-corrected chi connectivity index (χ0v) is 18.6. The second-order valence-electron chi connectivity index (χ2n) is 8.98. The Kier molecular flexibility index (Phi) is 5.28. The maximum atomic E-state index is 13.0. The highest BCUT2D eigenvalue weighted by Gasteiger charge is 2.39. The molecule has 168 valence electrons. The Morgan fingerprint density at radius 1 is 1.06 bits per heavy atom. The number of para-hydroxylation sites is 1. The maximum absolute atomic E-state index is 13.0. The normalized spacial score (nSPS) is 18.1. The van der Waals surface area contributed by atoms with Crippen molar-refractivity contribution in [3.8, 4) is 17.1 Å². The van der Waals surface area contributed by atoms with Crippen molar-refractivity contribution in [2.24, 2.45) is 5.92 Å². The average Bonchev–Trinajstić information content (AvgIpc) is 3.35. The third-order valence-corrected chi connectivity index (χ3v) is 6.12. The van der Waals surface area contributed by atoms with Gasteiger partial charge in [-0.15, -0.1) is 10.2 Å². The van der Waals surface area contributed by atoms with Crippen molar-refractivity contribution in [1.82, 2.24) is 25.0 Å². The van der Waals surface area contributed by atoms with Gasteiger partial charge < -0.3 is 4.90 Å². The van der Waals surface area contributed by atoms with Crippen LogP contribution in [-0.4, -0.2) is 43.4 Å². The molecule has 1 aromatic heterocycles. The molecule has 2 aliphatic heterocycles. The molecule has 3 amide bonds. The van der Waals surface area contributed by atoms with E-state index in [-0.39, 0.29) is 18.2 Å². The van der Waals surface area contributed by atoms with Crippen molar-refractivity contribution < 1.29 is 14.4 Å². The first-order valence-corrected chi connectivity index (χ1v) is 11.2. The third kappa shape index (κ3) is 3.82. The lowest BCUT2D eigenvalue weighted by Gasteiger charge is -2.29. The highest BCUT2D eigenvalue weighted by atomic mass is 16.2. The van der Waals surface area contributed by atoms with Gasteiger partial charge in [0.2, 0.25) is 11.8 Å². The van der Waals surface area contributed by atoms with Gasteiger partial charge in [-0.1, -0.05) is 38.1 Å². The maximum Gasteiger partial charge on any atom is 0.255 e. The van der Waals surface area contributed by atoms with E-state index in [0.717, 1.165) is 29.1 Å². The van der Waals surface area contributed by atoms with Crippen LogP contribution >= 0.6 is 0 Å². The largest absolute Gasteiger partial charge is 0.322 e. The molecule has 0 spiro atoms. The molecular weight excluding hydrogens is 418 g/mol. The number of fused-ring (bicyclic) bond motifs is 1. The molecule has 8 nitrogen and oxygen atoms in total. The van der Waals surface area contributed by atoms with Crippen LogP contribution in [0.4, 0.5) is 0 Å². The minimum absolute atomic E-state index is 0.184. The predicted molar refractivity (Wildman–Crippen MR) is 121 cm³/mol. The summed E-state index contributed by atoms with van der Waals surface area (Å²) in [6.07, 6.45) is 1.37. The van der Waals surface area contributed by atoms with Gasteiger partial charge in [-0.05, 0) is 42.2 Å². The van der Waals surface area contributed by atoms with E-state index < -0.39 is 11.9 Å². The molecule has 0 radical (unpaired) electrons. The molecular formula is C25H25N5O3. The molecule has 1 atom stereocenters. The second kappa shape index (κ2) is 8.27. The molecule has 0 bridgehead atoms. The standard InChI is InChI=1S/C25H25N5O3/c1-15(2)12-21-27-28-23(30(21)18-6-4-3-5-7-18)16-8-9-19-17(13-16)14-29(25(19)33)20-10-11-22(31)26-24(20)32/h3-9,13,15,20H,10-12,14H2,1-2H3,(H,26,31,32). The zero-order valence-electron chi connectivity index (χ0n) is 18.6. The fraction of sp³-hybridized carbons (Fsp3) is 0.320. The van der Waals surface area contributed by atoms with Crippen molar-refractivity contribution in [3.63, 3.8) is 0 Å². The number of nitrogens with one attached hydrogen (secondary N) is 1. The predicted octanol–water partition coefficient (Wildman–Crippen LogP) is 2.89. The van der Waals surface area contributed by atoms with Crippen LogP contribution in [-0.2, 0) is 22.6 Å². The van der Waals surface area contributed by atoms with Gasteiger partial charge >= 0.3 is 0 Å². The molecule has 1 unspecified atom stereocenters. The summed E-state index contributed by atoms with van der Waals surface area (Å²) in [6.45, 7) is 4.62. The molecule has 3 aromatic rings. The van der Waals surface area contributed by atoms with Crippen LogP contribution in [0.25, 0.3) is 17.1 Å². The van der Waals surface area contributed by atoms with Gasteiger partial charge in [0, 0.05) is 36.2 Å². The number of amides is 3. The van der Waals surface area contributed by atoms with Crippen LogP contribution in [0.5, 0.6) is 0 Å². The lowest BCUT2D eigenvalue weighted by atomic mass is 10.0. The fourth-order valence-electron chi connectivity index (χ4n) is 4.56. The Morgan fingerprint density at radius 3 is 2.58 bits per heavy atom. The average molecular weight is 444 g/mol. The summed E-state index contributed by atoms with van der Waals surface area (Å²) in [4.78, 5) is 38.4. The summed E-state index contributed by atoms with van der Waals surface area (Å²) in [5.41, 5.74) is 3.26. The Bertz CT molecular complexity index is 1250. The minimum atomic E-state index is -0.628. The molecule has 1 saturated heterocycles. The van der Waals surface area contributed by atoms with E-state index >= 15 is 0 Å². The van der Waals surface area contributed by atoms with Gasteiger partial charge in [0.1, 0.15) is 11.9 Å². The van der Waals surface area contributed by atoms with Crippen molar-refractivity contribution in [2.45, 2.75) is 45.7 Å². The Balaban J connectivity index is 1.51. The lowest BCUT2D eigenvalue weighted by molar-refractivity contribution is -0.136. The summed E-state index contributed by atoms with van der Waals surface area (Å²) < 4.78 is 2.07. The van der Waals surface area contributed by atoms with E-state index in [9.17, 15) is 14.4 Å². The summed E-state index contributed by atoms with van der Waals surface area (Å²) in [7, 11) is 0. The van der Waals surface area contributed by atoms with E-state index in [1.54, 1.807) is 11.0 Å². The zero-order chi connectivity index (χ0) is 23.1. The monoisotopic (exact) mass is 443 g/mol. The summed E-state index contributed by atoms with van der Waals surface area (Å²) in [6, 6.07) is 15.0. The van der Waals surface area contributed by atoms with Crippen molar-refractivity contribution in [1.29, 1.82) is 0 Å². The molecule has 1 fully saturated rings. The van der Waals surface area contributed by atoms with E-state index in [4.69, 9.17) is 0 Å². The molecule has 3 heterocycles. The van der Waals surface area contributed by atoms with Crippen LogP contribution in [0.15, 0.2) is 48.5 Å². The Labute approximate surface area is 191 Å². The molecule has 2 aromatic carbocycles. The smallest absolute Gasteiger partial charge is 0.255 e. The third-order valence-electron chi connectivity index (χ3n) is 6.12. The number of piperidine rings is 1. The van der Waals surface area contributed by atoms with E-state index in [0.29, 0.717) is 30.3 Å². The van der Waals surface area contributed by atoms with E-state index in [1.807, 2.05) is 42.5 Å². The summed E-state index contributed by atoms with van der Waals surface area (Å²) in [5.74, 6) is 1.13. The molecule has 0 saturated carbocycles. The van der Waals surface area contributed by atoms with Crippen LogP contribution in [0.2, 0.25) is 0 Å². The number of hydrogen-bond acceptors (Lipinski definition) is 5. The number of imide groups is 1. The number of hydrogen-bond donors (Lipinski definition) is 1. The number of benzene rings is 2. The SMILES string of the molecule is CC(C)Cc1nnc(-c2ccc3c(c2)CN(C2CCC(=O)NC2=O)C3=O)n1-c1ccccc1. The van der Waals surface area contributed by atoms with Crippen LogP contribution in [0.3, 0.4) is 0 Å². The highest BCUT2D eigenvalue weighted by Crippen LogP contribution is 2.32. The first kappa shape index (κ1) is 21.1. The molecule has 1 N–H and O–H groups in total. The topological polar surface area (TPSA) is 97.2 Å². The Morgan fingerprint density at radius 2 is 1.85 bits per heavy atom. The van der Waals surface area contributed by atoms with Gasteiger partial charge in [0.25, 0.3) is 5.91 Å². The van der Waals surface area contributed by atoms with Crippen LogP contribution in [0, 0.1) is 5.92 Å². The summed E-state index contributed by atoms with van der Waals surface area (Å²) in [5, 5.41) is 11.3. The van der Waals surface area contributed by atoms with Crippen molar-refractivity contribution >= 4 is 17.7 Å². The van der Waals surface area contributed by atoms with Crippen molar-refractivity contribution in [2.75, 3.05) is 0 Å². The number of nitrogens with zero attached hydrogens (tertiary/aromatic N) is 4. The van der Waals surface area contributed by atoms with E-state index in [1.165, 1.54) is 0 Å². The van der Waals surface area contributed by atoms with Crippen molar-refractivity contribution in [3.05, 3.63) is 65.5 Å². The molecule has 8 heteroatoms. The Hall–Kier alpha value is -3.81. The van der Waals surface area contributed by atoms with Gasteiger partial charge in [-0.3, -0.25) is 24.3 Å². The molecule has 0 aliphatic carbocycles. The second-order valence-corrected chi connectivity index (χ2v) is 8.98. The number of rotatable bonds is 5. The fourth-order valence-corrected chi connectivity index (χ4v) is 4.56. The highest BCUT2D eigenvalue weighted by molar-refractivity contribution is 6.05. The van der Waals surface area contributed by atoms with Crippen LogP contribution in [0.1, 0.15) is 48.4 Å².